The maximum Gasteiger partial charge on any atom is 0.251 e. The molecule has 4 aromatic rings. The van der Waals surface area contributed by atoms with Gasteiger partial charge in [0.25, 0.3) is 11.8 Å². The quantitative estimate of drug-likeness (QED) is 0.376. The molecular formula is C28H23N3O4. The van der Waals surface area contributed by atoms with Crippen LogP contribution in [0.5, 0.6) is 5.75 Å². The molecular weight excluding hydrogens is 442 g/mol. The average Bonchev–Trinajstić information content (AvgIpc) is 3.43. The number of furan rings is 1. The molecule has 2 amide bonds. The first kappa shape index (κ1) is 23.3. The van der Waals surface area contributed by atoms with Crippen molar-refractivity contribution in [1.82, 2.24) is 10.6 Å². The van der Waals surface area contributed by atoms with Crippen LogP contribution in [0.25, 0.3) is 0 Å². The molecule has 0 aliphatic carbocycles. The number of carbonyl (C=O) groups is 2. The number of carbonyl (C=O) groups excluding carboxylic acids is 2. The van der Waals surface area contributed by atoms with Gasteiger partial charge in [0, 0.05) is 23.2 Å². The number of amides is 2. The third-order valence-corrected chi connectivity index (χ3v) is 5.27. The minimum Gasteiger partial charge on any atom is -0.489 e. The number of hydrogen-bond acceptors (Lipinski definition) is 5. The van der Waals surface area contributed by atoms with Gasteiger partial charge in [0.05, 0.1) is 24.4 Å². The lowest BCUT2D eigenvalue weighted by atomic mass is 10.1. The molecule has 2 N–H and O–H groups in total. The highest BCUT2D eigenvalue weighted by Crippen LogP contribution is 2.17. The van der Waals surface area contributed by atoms with E-state index in [0.29, 0.717) is 34.7 Å². The summed E-state index contributed by atoms with van der Waals surface area (Å²) in [5.41, 5.74) is 3.07. The van der Waals surface area contributed by atoms with E-state index in [1.165, 1.54) is 0 Å². The van der Waals surface area contributed by atoms with E-state index < -0.39 is 0 Å². The van der Waals surface area contributed by atoms with E-state index >= 15 is 0 Å². The summed E-state index contributed by atoms with van der Waals surface area (Å²) in [5.74, 6) is 0.709. The lowest BCUT2D eigenvalue weighted by Crippen LogP contribution is -2.24. The largest absolute Gasteiger partial charge is 0.489 e. The molecule has 0 spiro atoms. The van der Waals surface area contributed by atoms with E-state index in [0.717, 1.165) is 11.1 Å². The Bertz CT molecular complexity index is 1360. The van der Waals surface area contributed by atoms with Crippen molar-refractivity contribution in [2.24, 2.45) is 0 Å². The highest BCUT2D eigenvalue weighted by atomic mass is 16.5. The highest BCUT2D eigenvalue weighted by Gasteiger charge is 2.10. The second-order valence-electron chi connectivity index (χ2n) is 7.73. The first-order chi connectivity index (χ1) is 17.1. The van der Waals surface area contributed by atoms with Crippen LogP contribution in [0.4, 0.5) is 0 Å². The number of benzene rings is 3. The number of rotatable bonds is 9. The van der Waals surface area contributed by atoms with Crippen LogP contribution in [-0.2, 0) is 19.7 Å². The maximum atomic E-state index is 12.7. The van der Waals surface area contributed by atoms with Crippen LogP contribution in [0.15, 0.2) is 95.6 Å². The fourth-order valence-corrected chi connectivity index (χ4v) is 3.43. The van der Waals surface area contributed by atoms with E-state index in [1.807, 2.05) is 18.2 Å². The first-order valence-corrected chi connectivity index (χ1v) is 11.0. The number of nitrogens with zero attached hydrogens (tertiary/aromatic N) is 1. The Morgan fingerprint density at radius 2 is 1.57 bits per heavy atom. The SMILES string of the molecule is N#Cc1ccccc1COc1cccc(C(=O)NCc2cccc(C(=O)NCc3ccco3)c2)c1. The summed E-state index contributed by atoms with van der Waals surface area (Å²) < 4.78 is 11.0. The average molecular weight is 466 g/mol. The predicted octanol–water partition coefficient (Wildman–Crippen LogP) is 4.59. The minimum atomic E-state index is -0.263. The molecule has 0 radical (unpaired) electrons. The van der Waals surface area contributed by atoms with E-state index in [1.54, 1.807) is 73.0 Å². The summed E-state index contributed by atoms with van der Waals surface area (Å²) in [6.45, 7) is 0.787. The third kappa shape index (κ3) is 6.36. The van der Waals surface area contributed by atoms with Gasteiger partial charge in [0.15, 0.2) is 0 Å². The maximum absolute atomic E-state index is 12.7. The molecule has 4 rings (SSSR count). The van der Waals surface area contributed by atoms with Crippen LogP contribution >= 0.6 is 0 Å². The number of ether oxygens (including phenoxy) is 1. The Kier molecular flexibility index (Phi) is 7.56. The van der Waals surface area contributed by atoms with Gasteiger partial charge in [0.1, 0.15) is 18.1 Å². The van der Waals surface area contributed by atoms with Crippen LogP contribution in [0, 0.1) is 11.3 Å². The molecule has 0 saturated carbocycles. The Morgan fingerprint density at radius 3 is 2.34 bits per heavy atom. The standard InChI is InChI=1S/C28H23N3O4/c29-16-23-7-1-2-8-24(23)19-35-25-11-4-10-22(15-25)28(33)30-17-20-6-3-9-21(14-20)27(32)31-18-26-12-5-13-34-26/h1-15H,17-19H2,(H,30,33)(H,31,32). The van der Waals surface area contributed by atoms with Gasteiger partial charge in [-0.05, 0) is 54.1 Å². The monoisotopic (exact) mass is 465 g/mol. The van der Waals surface area contributed by atoms with Gasteiger partial charge >= 0.3 is 0 Å². The minimum absolute atomic E-state index is 0.225. The molecule has 1 aromatic heterocycles. The number of nitrogens with one attached hydrogen (secondary N) is 2. The Balaban J connectivity index is 1.32. The summed E-state index contributed by atoms with van der Waals surface area (Å²) in [4.78, 5) is 25.1. The van der Waals surface area contributed by atoms with Crippen molar-refractivity contribution in [3.63, 3.8) is 0 Å². The van der Waals surface area contributed by atoms with Gasteiger partial charge in [0.2, 0.25) is 0 Å². The molecule has 0 atom stereocenters. The van der Waals surface area contributed by atoms with E-state index in [-0.39, 0.29) is 25.0 Å². The fourth-order valence-electron chi connectivity index (χ4n) is 3.43. The molecule has 1 heterocycles. The number of nitriles is 1. The summed E-state index contributed by atoms with van der Waals surface area (Å²) in [6, 6.07) is 26.8. The van der Waals surface area contributed by atoms with Crippen LogP contribution in [0.2, 0.25) is 0 Å². The zero-order chi connectivity index (χ0) is 24.5. The van der Waals surface area contributed by atoms with Crippen molar-refractivity contribution in [2.45, 2.75) is 19.7 Å². The zero-order valence-corrected chi connectivity index (χ0v) is 18.9. The molecule has 174 valence electrons. The van der Waals surface area contributed by atoms with Crippen molar-refractivity contribution < 1.29 is 18.7 Å². The molecule has 0 bridgehead atoms. The Hall–Kier alpha value is -4.83. The lowest BCUT2D eigenvalue weighted by molar-refractivity contribution is 0.0943. The fraction of sp³-hybridized carbons (Fsp3) is 0.107. The summed E-state index contributed by atoms with van der Waals surface area (Å²) >= 11 is 0. The second kappa shape index (κ2) is 11.3. The molecule has 0 unspecified atom stereocenters. The zero-order valence-electron chi connectivity index (χ0n) is 18.9. The summed E-state index contributed by atoms with van der Waals surface area (Å²) in [6.07, 6.45) is 1.56. The smallest absolute Gasteiger partial charge is 0.251 e. The van der Waals surface area contributed by atoms with Crippen LogP contribution in [0.1, 0.15) is 43.2 Å². The van der Waals surface area contributed by atoms with Crippen molar-refractivity contribution >= 4 is 11.8 Å². The summed E-state index contributed by atoms with van der Waals surface area (Å²) in [5, 5.41) is 14.9. The van der Waals surface area contributed by atoms with Crippen molar-refractivity contribution in [3.8, 4) is 11.8 Å². The van der Waals surface area contributed by atoms with E-state index in [4.69, 9.17) is 9.15 Å². The second-order valence-corrected chi connectivity index (χ2v) is 7.73. The molecule has 7 nitrogen and oxygen atoms in total. The van der Waals surface area contributed by atoms with E-state index in [9.17, 15) is 14.9 Å². The van der Waals surface area contributed by atoms with Gasteiger partial charge < -0.3 is 19.8 Å². The van der Waals surface area contributed by atoms with Gasteiger partial charge in [-0.15, -0.1) is 0 Å². The molecule has 0 aliphatic rings. The number of hydrogen-bond donors (Lipinski definition) is 2. The van der Waals surface area contributed by atoms with Crippen molar-refractivity contribution in [2.75, 3.05) is 0 Å². The topological polar surface area (TPSA) is 104 Å². The van der Waals surface area contributed by atoms with Crippen molar-refractivity contribution in [1.29, 1.82) is 5.26 Å². The predicted molar refractivity (Wildman–Crippen MR) is 129 cm³/mol. The van der Waals surface area contributed by atoms with Crippen LogP contribution in [0.3, 0.4) is 0 Å². The van der Waals surface area contributed by atoms with E-state index in [2.05, 4.69) is 16.7 Å². The van der Waals surface area contributed by atoms with Gasteiger partial charge in [-0.2, -0.15) is 5.26 Å². The van der Waals surface area contributed by atoms with Crippen molar-refractivity contribution in [3.05, 3.63) is 125 Å². The Labute approximate surface area is 203 Å². The molecule has 0 fully saturated rings. The van der Waals surface area contributed by atoms with Crippen LogP contribution < -0.4 is 15.4 Å². The Morgan fingerprint density at radius 1 is 0.829 bits per heavy atom. The molecule has 3 aromatic carbocycles. The highest BCUT2D eigenvalue weighted by molar-refractivity contribution is 5.95. The molecule has 0 aliphatic heterocycles. The molecule has 35 heavy (non-hydrogen) atoms. The normalized spacial score (nSPS) is 10.3. The van der Waals surface area contributed by atoms with Crippen LogP contribution in [-0.4, -0.2) is 11.8 Å². The first-order valence-electron chi connectivity index (χ1n) is 11.0. The lowest BCUT2D eigenvalue weighted by Gasteiger charge is -2.10. The van der Waals surface area contributed by atoms with Gasteiger partial charge in [-0.25, -0.2) is 0 Å². The third-order valence-electron chi connectivity index (χ3n) is 5.27. The van der Waals surface area contributed by atoms with Gasteiger partial charge in [-0.1, -0.05) is 36.4 Å². The summed E-state index contributed by atoms with van der Waals surface area (Å²) in [7, 11) is 0. The molecule has 7 heteroatoms. The molecule has 0 saturated heterocycles. The van der Waals surface area contributed by atoms with Gasteiger partial charge in [-0.3, -0.25) is 9.59 Å².